The molecular weight excluding hydrogens is 314 g/mol. The van der Waals surface area contributed by atoms with Crippen LogP contribution >= 0.6 is 11.8 Å². The number of anilines is 1. The van der Waals surface area contributed by atoms with Crippen LogP contribution in [0.15, 0.2) is 64.1 Å². The number of benzene rings is 1. The Balaban J connectivity index is 1.82. The average Bonchev–Trinajstić information content (AvgIpc) is 3.16. The maximum atomic E-state index is 12.4. The van der Waals surface area contributed by atoms with Gasteiger partial charge in [-0.05, 0) is 48.2 Å². The number of hydrogen-bond acceptors (Lipinski definition) is 5. The van der Waals surface area contributed by atoms with Crippen LogP contribution in [-0.2, 0) is 4.79 Å². The van der Waals surface area contributed by atoms with E-state index in [1.807, 2.05) is 0 Å². The van der Waals surface area contributed by atoms with Gasteiger partial charge in [0.15, 0.2) is 0 Å². The second-order valence-electron chi connectivity index (χ2n) is 4.62. The Morgan fingerprint density at radius 2 is 2.09 bits per heavy atom. The van der Waals surface area contributed by atoms with E-state index in [-0.39, 0.29) is 11.1 Å². The molecule has 1 aliphatic rings. The van der Waals surface area contributed by atoms with Gasteiger partial charge in [-0.3, -0.25) is 9.59 Å². The molecule has 116 valence electrons. The number of nitrogens with zero attached hydrogens (tertiary/aromatic N) is 1. The zero-order chi connectivity index (χ0) is 16.2. The highest BCUT2D eigenvalue weighted by molar-refractivity contribution is 8.18. The minimum Gasteiger partial charge on any atom is -0.497 e. The molecule has 1 aliphatic heterocycles. The fraction of sp³-hybridized carbons (Fsp3) is 0.0588. The number of hydrogen-bond donors (Lipinski definition) is 0. The summed E-state index contributed by atoms with van der Waals surface area (Å²) in [6.07, 6.45) is 6.57. The van der Waals surface area contributed by atoms with Crippen LogP contribution in [0.1, 0.15) is 5.76 Å². The molecule has 1 aromatic carbocycles. The van der Waals surface area contributed by atoms with Crippen molar-refractivity contribution >= 4 is 34.7 Å². The Morgan fingerprint density at radius 1 is 1.22 bits per heavy atom. The molecule has 6 heteroatoms. The second kappa shape index (κ2) is 6.58. The molecule has 3 rings (SSSR count). The van der Waals surface area contributed by atoms with Crippen LogP contribution in [0.4, 0.5) is 10.5 Å². The zero-order valence-electron chi connectivity index (χ0n) is 12.3. The first-order valence-electron chi connectivity index (χ1n) is 6.81. The summed E-state index contributed by atoms with van der Waals surface area (Å²) in [4.78, 5) is 26.1. The molecule has 1 fully saturated rings. The average molecular weight is 327 g/mol. The van der Waals surface area contributed by atoms with Gasteiger partial charge in [0.05, 0.1) is 24.0 Å². The van der Waals surface area contributed by atoms with Crippen molar-refractivity contribution in [2.45, 2.75) is 0 Å². The quantitative estimate of drug-likeness (QED) is 0.792. The van der Waals surface area contributed by atoms with Crippen LogP contribution in [0.25, 0.3) is 6.08 Å². The third kappa shape index (κ3) is 3.22. The SMILES string of the molecule is COc1cccc(N2C(=O)S/C(=C/C=C/c3ccco3)C2=O)c1. The molecule has 0 radical (unpaired) electrons. The highest BCUT2D eigenvalue weighted by Gasteiger charge is 2.36. The fourth-order valence-corrected chi connectivity index (χ4v) is 2.86. The van der Waals surface area contributed by atoms with E-state index in [0.717, 1.165) is 16.7 Å². The predicted octanol–water partition coefficient (Wildman–Crippen LogP) is 4.09. The molecule has 2 heterocycles. The van der Waals surface area contributed by atoms with Gasteiger partial charge < -0.3 is 9.15 Å². The van der Waals surface area contributed by atoms with Gasteiger partial charge in [0.1, 0.15) is 11.5 Å². The van der Waals surface area contributed by atoms with Crippen LogP contribution in [-0.4, -0.2) is 18.3 Å². The van der Waals surface area contributed by atoms with E-state index >= 15 is 0 Å². The van der Waals surface area contributed by atoms with E-state index in [2.05, 4.69) is 0 Å². The largest absolute Gasteiger partial charge is 0.497 e. The van der Waals surface area contributed by atoms with Crippen molar-refractivity contribution in [3.8, 4) is 5.75 Å². The maximum Gasteiger partial charge on any atom is 0.298 e. The molecule has 1 saturated heterocycles. The molecule has 2 amide bonds. The van der Waals surface area contributed by atoms with Crippen molar-refractivity contribution in [3.63, 3.8) is 0 Å². The molecule has 0 N–H and O–H groups in total. The summed E-state index contributed by atoms with van der Waals surface area (Å²) in [5, 5.41) is -0.332. The molecule has 0 aliphatic carbocycles. The summed E-state index contributed by atoms with van der Waals surface area (Å²) in [6.45, 7) is 0. The maximum absolute atomic E-state index is 12.4. The number of ether oxygens (including phenoxy) is 1. The number of thioether (sulfide) groups is 1. The Labute approximate surface area is 137 Å². The number of methoxy groups -OCH3 is 1. The van der Waals surface area contributed by atoms with E-state index in [4.69, 9.17) is 9.15 Å². The van der Waals surface area contributed by atoms with Crippen molar-refractivity contribution in [2.75, 3.05) is 12.0 Å². The summed E-state index contributed by atoms with van der Waals surface area (Å²) >= 11 is 0.903. The molecule has 2 aromatic rings. The van der Waals surface area contributed by atoms with Gasteiger partial charge >= 0.3 is 0 Å². The topological polar surface area (TPSA) is 59.8 Å². The monoisotopic (exact) mass is 327 g/mol. The van der Waals surface area contributed by atoms with Crippen molar-refractivity contribution in [3.05, 3.63) is 65.5 Å². The summed E-state index contributed by atoms with van der Waals surface area (Å²) in [7, 11) is 1.53. The molecule has 0 spiro atoms. The lowest BCUT2D eigenvalue weighted by atomic mass is 10.2. The molecule has 0 saturated carbocycles. The first-order chi connectivity index (χ1) is 11.2. The molecule has 0 atom stereocenters. The number of imide groups is 1. The molecule has 5 nitrogen and oxygen atoms in total. The van der Waals surface area contributed by atoms with Gasteiger partial charge in [-0.2, -0.15) is 0 Å². The Bertz CT molecular complexity index is 793. The molecule has 23 heavy (non-hydrogen) atoms. The van der Waals surface area contributed by atoms with Crippen LogP contribution in [0.3, 0.4) is 0 Å². The predicted molar refractivity (Wildman–Crippen MR) is 89.3 cm³/mol. The lowest BCUT2D eigenvalue weighted by Crippen LogP contribution is -2.27. The first kappa shape index (κ1) is 15.2. The Hall–Kier alpha value is -2.73. The zero-order valence-corrected chi connectivity index (χ0v) is 13.1. The van der Waals surface area contributed by atoms with Gasteiger partial charge in [-0.25, -0.2) is 4.90 Å². The van der Waals surface area contributed by atoms with E-state index in [0.29, 0.717) is 22.1 Å². The smallest absolute Gasteiger partial charge is 0.298 e. The van der Waals surface area contributed by atoms with Gasteiger partial charge in [-0.1, -0.05) is 12.1 Å². The van der Waals surface area contributed by atoms with E-state index in [1.54, 1.807) is 60.9 Å². The highest BCUT2D eigenvalue weighted by atomic mass is 32.2. The van der Waals surface area contributed by atoms with E-state index in [9.17, 15) is 9.59 Å². The van der Waals surface area contributed by atoms with Crippen LogP contribution in [0.5, 0.6) is 5.75 Å². The van der Waals surface area contributed by atoms with Crippen LogP contribution < -0.4 is 9.64 Å². The minimum absolute atomic E-state index is 0.332. The highest BCUT2D eigenvalue weighted by Crippen LogP contribution is 2.35. The second-order valence-corrected chi connectivity index (χ2v) is 5.61. The van der Waals surface area contributed by atoms with Crippen LogP contribution in [0.2, 0.25) is 0 Å². The number of allylic oxidation sites excluding steroid dienone is 2. The number of carbonyl (C=O) groups is 2. The third-order valence-electron chi connectivity index (χ3n) is 3.16. The molecule has 0 bridgehead atoms. The molecule has 0 unspecified atom stereocenters. The lowest BCUT2D eigenvalue weighted by Gasteiger charge is -2.13. The number of furan rings is 1. The van der Waals surface area contributed by atoms with Crippen LogP contribution in [0, 0.1) is 0 Å². The van der Waals surface area contributed by atoms with Crippen molar-refractivity contribution in [1.29, 1.82) is 0 Å². The summed E-state index contributed by atoms with van der Waals surface area (Å²) in [6, 6.07) is 10.4. The number of carbonyl (C=O) groups excluding carboxylic acids is 2. The first-order valence-corrected chi connectivity index (χ1v) is 7.63. The number of rotatable bonds is 4. The van der Waals surface area contributed by atoms with Gasteiger partial charge in [0, 0.05) is 6.07 Å². The van der Waals surface area contributed by atoms with Gasteiger partial charge in [-0.15, -0.1) is 0 Å². The van der Waals surface area contributed by atoms with Crippen molar-refractivity contribution in [2.24, 2.45) is 0 Å². The fourth-order valence-electron chi connectivity index (χ4n) is 2.07. The molecular formula is C17H13NO4S. The van der Waals surface area contributed by atoms with E-state index in [1.165, 1.54) is 7.11 Å². The van der Waals surface area contributed by atoms with E-state index < -0.39 is 0 Å². The third-order valence-corrected chi connectivity index (χ3v) is 4.04. The van der Waals surface area contributed by atoms with Gasteiger partial charge in [0.25, 0.3) is 11.1 Å². The van der Waals surface area contributed by atoms with Crippen molar-refractivity contribution in [1.82, 2.24) is 0 Å². The van der Waals surface area contributed by atoms with Crippen molar-refractivity contribution < 1.29 is 18.7 Å². The number of amides is 2. The summed E-state index contributed by atoms with van der Waals surface area (Å²) in [5.74, 6) is 0.911. The molecule has 1 aromatic heterocycles. The summed E-state index contributed by atoms with van der Waals surface area (Å²) < 4.78 is 10.3. The Morgan fingerprint density at radius 3 is 2.83 bits per heavy atom. The normalized spacial score (nSPS) is 16.7. The standard InChI is InChI=1S/C17H13NO4S/c1-21-14-7-2-5-12(11-14)18-16(19)15(23-17(18)20)9-3-6-13-8-4-10-22-13/h2-11H,1H3/b6-3+,15-9+. The lowest BCUT2D eigenvalue weighted by molar-refractivity contribution is -0.113. The summed E-state index contributed by atoms with van der Waals surface area (Å²) in [5.41, 5.74) is 0.491. The van der Waals surface area contributed by atoms with Gasteiger partial charge in [0.2, 0.25) is 0 Å². The minimum atomic E-state index is -0.350. The Kier molecular flexibility index (Phi) is 4.34.